The van der Waals surface area contributed by atoms with Gasteiger partial charge in [0.15, 0.2) is 5.03 Å². The molecule has 1 fully saturated rings. The number of hydrogen-bond donors (Lipinski definition) is 1. The van der Waals surface area contributed by atoms with E-state index in [0.717, 1.165) is 6.42 Å². The fraction of sp³-hybridized carbons (Fsp3) is 0.667. The first-order valence-corrected chi connectivity index (χ1v) is 8.14. The maximum atomic E-state index is 12.6. The number of ether oxygens (including phenoxy) is 2. The number of sulfonamides is 1. The summed E-state index contributed by atoms with van der Waals surface area (Å²) in [6.07, 6.45) is 1.91. The van der Waals surface area contributed by atoms with Crippen molar-refractivity contribution in [3.05, 3.63) is 11.8 Å². The highest BCUT2D eigenvalue weighted by atomic mass is 32.2. The van der Waals surface area contributed by atoms with Gasteiger partial charge in [-0.2, -0.15) is 9.40 Å². The minimum absolute atomic E-state index is 0.0629. The van der Waals surface area contributed by atoms with Crippen LogP contribution in [0.3, 0.4) is 0 Å². The first-order valence-electron chi connectivity index (χ1n) is 6.70. The average Bonchev–Trinajstić information content (AvgIpc) is 3.08. The van der Waals surface area contributed by atoms with Crippen molar-refractivity contribution in [2.24, 2.45) is 5.92 Å². The minimum atomic E-state index is -3.78. The molecule has 1 unspecified atom stereocenters. The smallest absolute Gasteiger partial charge is 0.342 e. The largest absolute Gasteiger partial charge is 0.462 e. The van der Waals surface area contributed by atoms with Gasteiger partial charge in [-0.3, -0.25) is 5.10 Å². The summed E-state index contributed by atoms with van der Waals surface area (Å²) in [6, 6.07) is 0. The summed E-state index contributed by atoms with van der Waals surface area (Å²) in [5, 5.41) is 5.85. The van der Waals surface area contributed by atoms with E-state index in [1.54, 1.807) is 14.0 Å². The molecular formula is C12H19N3O5S. The van der Waals surface area contributed by atoms with Gasteiger partial charge in [0.25, 0.3) is 10.0 Å². The van der Waals surface area contributed by atoms with Crippen LogP contribution in [0.4, 0.5) is 0 Å². The number of hydrogen-bond acceptors (Lipinski definition) is 6. The fourth-order valence-electron chi connectivity index (χ4n) is 2.34. The summed E-state index contributed by atoms with van der Waals surface area (Å²) < 4.78 is 36.4. The van der Waals surface area contributed by atoms with Crippen molar-refractivity contribution >= 4 is 16.0 Å². The molecule has 0 amide bonds. The first kappa shape index (κ1) is 15.9. The van der Waals surface area contributed by atoms with Crippen molar-refractivity contribution in [3.63, 3.8) is 0 Å². The molecule has 2 rings (SSSR count). The SMILES string of the molecule is CCOC(=O)c1cn[nH]c1S(=O)(=O)N1CCC(COC)C1. The molecule has 0 aliphatic carbocycles. The monoisotopic (exact) mass is 317 g/mol. The lowest BCUT2D eigenvalue weighted by Crippen LogP contribution is -2.31. The second kappa shape index (κ2) is 6.54. The van der Waals surface area contributed by atoms with E-state index in [2.05, 4.69) is 10.2 Å². The molecule has 1 aliphatic heterocycles. The second-order valence-electron chi connectivity index (χ2n) is 4.81. The summed E-state index contributed by atoms with van der Waals surface area (Å²) in [5.74, 6) is -0.531. The van der Waals surface area contributed by atoms with Crippen LogP contribution in [0.1, 0.15) is 23.7 Å². The molecule has 1 aromatic rings. The Kier molecular flexibility index (Phi) is 4.96. The zero-order valence-corrected chi connectivity index (χ0v) is 12.9. The van der Waals surface area contributed by atoms with E-state index >= 15 is 0 Å². The Labute approximate surface area is 123 Å². The van der Waals surface area contributed by atoms with Gasteiger partial charge < -0.3 is 9.47 Å². The molecule has 21 heavy (non-hydrogen) atoms. The van der Waals surface area contributed by atoms with E-state index in [1.165, 1.54) is 10.5 Å². The number of H-pyrrole nitrogens is 1. The van der Waals surface area contributed by atoms with Gasteiger partial charge in [0.1, 0.15) is 5.56 Å². The molecule has 1 aromatic heterocycles. The maximum Gasteiger partial charge on any atom is 0.342 e. The van der Waals surface area contributed by atoms with Gasteiger partial charge >= 0.3 is 5.97 Å². The third kappa shape index (κ3) is 3.25. The molecule has 1 saturated heterocycles. The predicted octanol–water partition coefficient (Wildman–Crippen LogP) is 0.243. The molecule has 0 bridgehead atoms. The highest BCUT2D eigenvalue weighted by Crippen LogP contribution is 2.25. The van der Waals surface area contributed by atoms with Gasteiger partial charge in [-0.05, 0) is 19.3 Å². The number of carbonyl (C=O) groups excluding carboxylic acids is 1. The zero-order valence-electron chi connectivity index (χ0n) is 12.0. The summed E-state index contributed by atoms with van der Waals surface area (Å²) in [5.41, 5.74) is -0.0629. The van der Waals surface area contributed by atoms with Crippen LogP contribution in [0.2, 0.25) is 0 Å². The van der Waals surface area contributed by atoms with E-state index in [9.17, 15) is 13.2 Å². The standard InChI is InChI=1S/C12H19N3O5S/c1-3-20-12(16)10-6-13-14-11(10)21(17,18)15-5-4-9(7-15)8-19-2/h6,9H,3-5,7-8H2,1-2H3,(H,13,14). The number of rotatable bonds is 6. The Hall–Kier alpha value is -1.45. The molecule has 0 saturated carbocycles. The third-order valence-corrected chi connectivity index (χ3v) is 5.19. The van der Waals surface area contributed by atoms with E-state index < -0.39 is 16.0 Å². The van der Waals surface area contributed by atoms with Gasteiger partial charge in [-0.1, -0.05) is 0 Å². The van der Waals surface area contributed by atoms with Crippen LogP contribution < -0.4 is 0 Å². The van der Waals surface area contributed by atoms with Gasteiger partial charge in [-0.25, -0.2) is 13.2 Å². The molecule has 0 spiro atoms. The summed E-state index contributed by atoms with van der Waals surface area (Å²) in [7, 11) is -2.19. The van der Waals surface area contributed by atoms with E-state index in [1.807, 2.05) is 0 Å². The summed E-state index contributed by atoms with van der Waals surface area (Å²) >= 11 is 0. The van der Waals surface area contributed by atoms with E-state index in [0.29, 0.717) is 19.7 Å². The molecule has 2 heterocycles. The molecule has 0 aromatic carbocycles. The third-order valence-electron chi connectivity index (χ3n) is 3.35. The molecule has 118 valence electrons. The Morgan fingerprint density at radius 2 is 2.33 bits per heavy atom. The number of esters is 1. The highest BCUT2D eigenvalue weighted by molar-refractivity contribution is 7.89. The number of aromatic nitrogens is 2. The van der Waals surface area contributed by atoms with Crippen LogP contribution in [0.5, 0.6) is 0 Å². The first-order chi connectivity index (χ1) is 10.0. The number of aromatic amines is 1. The van der Waals surface area contributed by atoms with Crippen molar-refractivity contribution in [1.82, 2.24) is 14.5 Å². The van der Waals surface area contributed by atoms with Gasteiger partial charge in [-0.15, -0.1) is 0 Å². The van der Waals surface area contributed by atoms with E-state index in [-0.39, 0.29) is 23.1 Å². The van der Waals surface area contributed by atoms with Crippen LogP contribution in [-0.2, 0) is 19.5 Å². The van der Waals surface area contributed by atoms with Crippen molar-refractivity contribution in [1.29, 1.82) is 0 Å². The van der Waals surface area contributed by atoms with Crippen LogP contribution >= 0.6 is 0 Å². The minimum Gasteiger partial charge on any atom is -0.462 e. The molecule has 8 nitrogen and oxygen atoms in total. The fourth-order valence-corrected chi connectivity index (χ4v) is 3.93. The average molecular weight is 317 g/mol. The normalized spacial score (nSPS) is 19.8. The van der Waals surface area contributed by atoms with Crippen molar-refractivity contribution in [2.75, 3.05) is 33.4 Å². The Morgan fingerprint density at radius 3 is 3.00 bits per heavy atom. The molecule has 1 aliphatic rings. The predicted molar refractivity (Wildman–Crippen MR) is 73.3 cm³/mol. The van der Waals surface area contributed by atoms with Crippen LogP contribution in [0.15, 0.2) is 11.2 Å². The van der Waals surface area contributed by atoms with Gasteiger partial charge in [0.2, 0.25) is 0 Å². The number of methoxy groups -OCH3 is 1. The Balaban J connectivity index is 2.21. The quantitative estimate of drug-likeness (QED) is 0.754. The van der Waals surface area contributed by atoms with Crippen LogP contribution in [0.25, 0.3) is 0 Å². The highest BCUT2D eigenvalue weighted by Gasteiger charge is 2.36. The number of carbonyl (C=O) groups is 1. The molecule has 1 atom stereocenters. The lowest BCUT2D eigenvalue weighted by molar-refractivity contribution is 0.0521. The topological polar surface area (TPSA) is 102 Å². The molecule has 1 N–H and O–H groups in total. The zero-order chi connectivity index (χ0) is 15.5. The Bertz CT molecular complexity index is 598. The van der Waals surface area contributed by atoms with Gasteiger partial charge in [0, 0.05) is 20.2 Å². The van der Waals surface area contributed by atoms with Crippen molar-refractivity contribution < 1.29 is 22.7 Å². The second-order valence-corrected chi connectivity index (χ2v) is 6.68. The van der Waals surface area contributed by atoms with Crippen molar-refractivity contribution in [3.8, 4) is 0 Å². The lowest BCUT2D eigenvalue weighted by atomic mass is 10.1. The molecule has 9 heteroatoms. The molecular weight excluding hydrogens is 298 g/mol. The maximum absolute atomic E-state index is 12.6. The molecule has 0 radical (unpaired) electrons. The summed E-state index contributed by atoms with van der Waals surface area (Å²) in [4.78, 5) is 11.8. The van der Waals surface area contributed by atoms with Crippen LogP contribution in [-0.4, -0.2) is 62.3 Å². The lowest BCUT2D eigenvalue weighted by Gasteiger charge is -2.16. The van der Waals surface area contributed by atoms with Crippen molar-refractivity contribution in [2.45, 2.75) is 18.4 Å². The number of nitrogens with one attached hydrogen (secondary N) is 1. The van der Waals surface area contributed by atoms with Gasteiger partial charge in [0.05, 0.1) is 19.4 Å². The van der Waals surface area contributed by atoms with E-state index in [4.69, 9.17) is 9.47 Å². The van der Waals surface area contributed by atoms with Crippen LogP contribution in [0, 0.1) is 5.92 Å². The summed E-state index contributed by atoms with van der Waals surface area (Å²) in [6.45, 7) is 3.11. The number of nitrogens with zero attached hydrogens (tertiary/aromatic N) is 2. The Morgan fingerprint density at radius 1 is 1.57 bits per heavy atom.